The van der Waals surface area contributed by atoms with Crippen molar-refractivity contribution in [1.29, 1.82) is 0 Å². The van der Waals surface area contributed by atoms with Crippen LogP contribution in [-0.4, -0.2) is 73.8 Å². The summed E-state index contributed by atoms with van der Waals surface area (Å²) in [4.78, 5) is 14.0. The molecule has 1 saturated heterocycles. The number of benzene rings is 1. The van der Waals surface area contributed by atoms with Crippen LogP contribution in [0.25, 0.3) is 0 Å². The number of ether oxygens (including phenoxy) is 2. The van der Waals surface area contributed by atoms with Crippen LogP contribution in [0.3, 0.4) is 0 Å². The summed E-state index contributed by atoms with van der Waals surface area (Å²) >= 11 is 0. The molecular weight excluding hydrogens is 378 g/mol. The van der Waals surface area contributed by atoms with Crippen molar-refractivity contribution in [2.75, 3.05) is 53.0 Å². The van der Waals surface area contributed by atoms with Crippen LogP contribution in [0.4, 0.5) is 0 Å². The molecule has 0 spiro atoms. The molecule has 3 rings (SSSR count). The average Bonchev–Trinajstić information content (AvgIpc) is 2.79. The summed E-state index contributed by atoms with van der Waals surface area (Å²) in [5.74, 6) is 1.58. The highest BCUT2D eigenvalue weighted by Gasteiger charge is 2.19. The van der Waals surface area contributed by atoms with E-state index in [0.29, 0.717) is 25.6 Å². The SMILES string of the molecule is CCNC(=NCc1ccc(OCCOC)nc1)N1CCN(Cc2ccccc2)CC1. The number of methoxy groups -OCH3 is 1. The molecule has 0 atom stereocenters. The van der Waals surface area contributed by atoms with Gasteiger partial charge in [-0.1, -0.05) is 36.4 Å². The lowest BCUT2D eigenvalue weighted by Gasteiger charge is -2.36. The van der Waals surface area contributed by atoms with E-state index in [2.05, 4.69) is 57.4 Å². The fraction of sp³-hybridized carbons (Fsp3) is 0.478. The van der Waals surface area contributed by atoms with Crippen LogP contribution < -0.4 is 10.1 Å². The van der Waals surface area contributed by atoms with Gasteiger partial charge in [0, 0.05) is 58.6 Å². The maximum absolute atomic E-state index is 5.52. The molecule has 0 saturated carbocycles. The summed E-state index contributed by atoms with van der Waals surface area (Å²) in [6.45, 7) is 9.64. The molecule has 7 nitrogen and oxygen atoms in total. The molecule has 1 fully saturated rings. The third kappa shape index (κ3) is 7.00. The third-order valence-electron chi connectivity index (χ3n) is 5.00. The normalized spacial score (nSPS) is 15.3. The van der Waals surface area contributed by atoms with Crippen LogP contribution >= 0.6 is 0 Å². The first-order chi connectivity index (χ1) is 14.8. The Balaban J connectivity index is 1.51. The van der Waals surface area contributed by atoms with Crippen molar-refractivity contribution in [2.24, 2.45) is 4.99 Å². The van der Waals surface area contributed by atoms with Gasteiger partial charge in [-0.15, -0.1) is 0 Å². The lowest BCUT2D eigenvalue weighted by Crippen LogP contribution is -2.52. The van der Waals surface area contributed by atoms with Gasteiger partial charge in [-0.05, 0) is 18.1 Å². The molecule has 1 aliphatic rings. The van der Waals surface area contributed by atoms with Crippen LogP contribution in [0, 0.1) is 0 Å². The van der Waals surface area contributed by atoms with E-state index in [1.165, 1.54) is 5.56 Å². The molecule has 0 unspecified atom stereocenters. The Hall–Kier alpha value is -2.64. The Labute approximate surface area is 179 Å². The maximum atomic E-state index is 5.52. The van der Waals surface area contributed by atoms with E-state index in [9.17, 15) is 0 Å². The molecule has 0 radical (unpaired) electrons. The number of nitrogens with zero attached hydrogens (tertiary/aromatic N) is 4. The lowest BCUT2D eigenvalue weighted by atomic mass is 10.2. The van der Waals surface area contributed by atoms with Gasteiger partial charge in [0.25, 0.3) is 0 Å². The second-order valence-corrected chi connectivity index (χ2v) is 7.26. The molecule has 1 aromatic carbocycles. The van der Waals surface area contributed by atoms with Crippen molar-refractivity contribution < 1.29 is 9.47 Å². The second-order valence-electron chi connectivity index (χ2n) is 7.26. The zero-order chi connectivity index (χ0) is 21.0. The summed E-state index contributed by atoms with van der Waals surface area (Å²) in [6.07, 6.45) is 1.83. The van der Waals surface area contributed by atoms with Gasteiger partial charge in [-0.25, -0.2) is 9.98 Å². The molecule has 30 heavy (non-hydrogen) atoms. The van der Waals surface area contributed by atoms with E-state index in [1.54, 1.807) is 7.11 Å². The van der Waals surface area contributed by atoms with Crippen LogP contribution in [0.1, 0.15) is 18.1 Å². The van der Waals surface area contributed by atoms with Crippen molar-refractivity contribution in [2.45, 2.75) is 20.0 Å². The zero-order valence-corrected chi connectivity index (χ0v) is 18.1. The molecule has 2 aromatic rings. The predicted molar refractivity (Wildman–Crippen MR) is 120 cm³/mol. The molecule has 1 aromatic heterocycles. The molecule has 162 valence electrons. The number of pyridine rings is 1. The molecule has 7 heteroatoms. The predicted octanol–water partition coefficient (Wildman–Crippen LogP) is 2.39. The highest BCUT2D eigenvalue weighted by Crippen LogP contribution is 2.11. The Morgan fingerprint density at radius 2 is 1.83 bits per heavy atom. The minimum Gasteiger partial charge on any atom is -0.475 e. The number of aromatic nitrogens is 1. The third-order valence-corrected chi connectivity index (χ3v) is 5.00. The molecule has 0 amide bonds. The van der Waals surface area contributed by atoms with Crippen molar-refractivity contribution in [3.05, 3.63) is 59.8 Å². The number of piperazine rings is 1. The van der Waals surface area contributed by atoms with Gasteiger partial charge < -0.3 is 19.7 Å². The zero-order valence-electron chi connectivity index (χ0n) is 18.1. The number of nitrogens with one attached hydrogen (secondary N) is 1. The van der Waals surface area contributed by atoms with Gasteiger partial charge in [0.15, 0.2) is 5.96 Å². The Morgan fingerprint density at radius 3 is 2.50 bits per heavy atom. The van der Waals surface area contributed by atoms with Gasteiger partial charge in [0.05, 0.1) is 13.2 Å². The van der Waals surface area contributed by atoms with Crippen molar-refractivity contribution in [3.8, 4) is 5.88 Å². The highest BCUT2D eigenvalue weighted by atomic mass is 16.5. The molecule has 1 aliphatic heterocycles. The smallest absolute Gasteiger partial charge is 0.213 e. The number of hydrogen-bond acceptors (Lipinski definition) is 5. The van der Waals surface area contributed by atoms with Crippen molar-refractivity contribution in [3.63, 3.8) is 0 Å². The second kappa shape index (κ2) is 12.1. The summed E-state index contributed by atoms with van der Waals surface area (Å²) in [5.41, 5.74) is 2.43. The fourth-order valence-corrected chi connectivity index (χ4v) is 3.37. The molecule has 2 heterocycles. The van der Waals surface area contributed by atoms with Crippen LogP contribution in [0.2, 0.25) is 0 Å². The van der Waals surface area contributed by atoms with Crippen LogP contribution in [0.5, 0.6) is 5.88 Å². The minimum atomic E-state index is 0.502. The first-order valence-corrected chi connectivity index (χ1v) is 10.6. The van der Waals surface area contributed by atoms with Gasteiger partial charge >= 0.3 is 0 Å². The van der Waals surface area contributed by atoms with Crippen LogP contribution in [0.15, 0.2) is 53.7 Å². The van der Waals surface area contributed by atoms with E-state index in [0.717, 1.165) is 50.8 Å². The van der Waals surface area contributed by atoms with Gasteiger partial charge in [-0.2, -0.15) is 0 Å². The Kier molecular flexibility index (Phi) is 8.93. The summed E-state index contributed by atoms with van der Waals surface area (Å²) in [5, 5.41) is 3.43. The lowest BCUT2D eigenvalue weighted by molar-refractivity contribution is 0.143. The van der Waals surface area contributed by atoms with E-state index < -0.39 is 0 Å². The maximum Gasteiger partial charge on any atom is 0.213 e. The molecule has 0 aliphatic carbocycles. The van der Waals surface area contributed by atoms with Crippen molar-refractivity contribution >= 4 is 5.96 Å². The number of hydrogen-bond donors (Lipinski definition) is 1. The van der Waals surface area contributed by atoms with E-state index >= 15 is 0 Å². The number of rotatable bonds is 9. The summed E-state index contributed by atoms with van der Waals surface area (Å²) in [7, 11) is 1.66. The summed E-state index contributed by atoms with van der Waals surface area (Å²) in [6, 6.07) is 14.6. The van der Waals surface area contributed by atoms with Crippen LogP contribution in [-0.2, 0) is 17.8 Å². The average molecular weight is 412 g/mol. The monoisotopic (exact) mass is 411 g/mol. The number of guanidine groups is 1. The molecule has 1 N–H and O–H groups in total. The quantitative estimate of drug-likeness (QED) is 0.388. The summed E-state index contributed by atoms with van der Waals surface area (Å²) < 4.78 is 10.5. The van der Waals surface area contributed by atoms with Gasteiger partial charge in [-0.3, -0.25) is 4.90 Å². The van der Waals surface area contributed by atoms with E-state index in [1.807, 2.05) is 18.3 Å². The Morgan fingerprint density at radius 1 is 1.03 bits per heavy atom. The largest absolute Gasteiger partial charge is 0.475 e. The van der Waals surface area contributed by atoms with E-state index in [4.69, 9.17) is 14.5 Å². The first kappa shape index (κ1) is 22.1. The number of aliphatic imine (C=N–C) groups is 1. The highest BCUT2D eigenvalue weighted by molar-refractivity contribution is 5.80. The van der Waals surface area contributed by atoms with Crippen molar-refractivity contribution in [1.82, 2.24) is 20.1 Å². The first-order valence-electron chi connectivity index (χ1n) is 10.6. The Bertz CT molecular complexity index is 759. The standard InChI is InChI=1S/C23H33N5O2/c1-3-24-23(26-18-21-9-10-22(25-17-21)30-16-15-29-2)28-13-11-27(12-14-28)19-20-7-5-4-6-8-20/h4-10,17H,3,11-16,18-19H2,1-2H3,(H,24,26). The van der Waals surface area contributed by atoms with Gasteiger partial charge in [0.1, 0.15) is 6.61 Å². The topological polar surface area (TPSA) is 62.2 Å². The van der Waals surface area contributed by atoms with Gasteiger partial charge in [0.2, 0.25) is 5.88 Å². The fourth-order valence-electron chi connectivity index (χ4n) is 3.37. The molecule has 0 bridgehead atoms. The molecular formula is C23H33N5O2. The minimum absolute atomic E-state index is 0.502. The van der Waals surface area contributed by atoms with E-state index in [-0.39, 0.29) is 0 Å².